The van der Waals surface area contributed by atoms with Gasteiger partial charge in [0.25, 0.3) is 0 Å². The number of halogens is 2. The third-order valence-corrected chi connectivity index (χ3v) is 4.53. The summed E-state index contributed by atoms with van der Waals surface area (Å²) in [7, 11) is 0. The van der Waals surface area contributed by atoms with Gasteiger partial charge in [0.1, 0.15) is 5.82 Å². The molecule has 1 heterocycles. The molecular weight excluding hydrogens is 295 g/mol. The first kappa shape index (κ1) is 12.4. The van der Waals surface area contributed by atoms with Gasteiger partial charge in [0.05, 0.1) is 5.69 Å². The number of alkyl halides is 1. The lowest BCUT2D eigenvalue weighted by Crippen LogP contribution is -2.47. The molecule has 0 radical (unpaired) electrons. The largest absolute Gasteiger partial charge is 0.367 e. The van der Waals surface area contributed by atoms with Crippen LogP contribution in [0.3, 0.4) is 0 Å². The molecule has 0 unspecified atom stereocenters. The summed E-state index contributed by atoms with van der Waals surface area (Å²) in [4.78, 5) is 4.72. The predicted molar refractivity (Wildman–Crippen MR) is 75.8 cm³/mol. The van der Waals surface area contributed by atoms with E-state index in [1.807, 2.05) is 12.1 Å². The van der Waals surface area contributed by atoms with Crippen LogP contribution in [0.15, 0.2) is 18.2 Å². The van der Waals surface area contributed by atoms with Gasteiger partial charge in [-0.05, 0) is 30.5 Å². The van der Waals surface area contributed by atoms with Crippen LogP contribution in [0, 0.1) is 5.82 Å². The van der Waals surface area contributed by atoms with Crippen LogP contribution in [-0.4, -0.2) is 37.1 Å². The predicted octanol–water partition coefficient (Wildman–Crippen LogP) is 3.01. The molecule has 3 rings (SSSR count). The van der Waals surface area contributed by atoms with E-state index in [9.17, 15) is 4.39 Å². The van der Waals surface area contributed by atoms with E-state index in [0.717, 1.165) is 43.5 Å². The van der Waals surface area contributed by atoms with E-state index < -0.39 is 0 Å². The average Bonchev–Trinajstić information content (AvgIpc) is 3.23. The lowest BCUT2D eigenvalue weighted by atomic mass is 10.2. The molecule has 0 aromatic heterocycles. The van der Waals surface area contributed by atoms with Crippen LogP contribution in [-0.2, 0) is 5.33 Å². The first-order valence-electron chi connectivity index (χ1n) is 6.61. The molecule has 0 bridgehead atoms. The van der Waals surface area contributed by atoms with Crippen LogP contribution in [0.25, 0.3) is 0 Å². The minimum atomic E-state index is -0.0909. The van der Waals surface area contributed by atoms with Gasteiger partial charge >= 0.3 is 0 Å². The summed E-state index contributed by atoms with van der Waals surface area (Å²) in [5.41, 5.74) is 1.75. The first-order chi connectivity index (χ1) is 8.78. The zero-order valence-electron chi connectivity index (χ0n) is 10.4. The molecule has 1 aromatic carbocycles. The molecule has 0 amide bonds. The molecule has 1 aromatic rings. The van der Waals surface area contributed by atoms with E-state index in [4.69, 9.17) is 0 Å². The van der Waals surface area contributed by atoms with E-state index >= 15 is 0 Å². The number of piperazine rings is 1. The maximum atomic E-state index is 14.0. The first-order valence-corrected chi connectivity index (χ1v) is 7.73. The van der Waals surface area contributed by atoms with Gasteiger partial charge in [0.15, 0.2) is 0 Å². The van der Waals surface area contributed by atoms with Crippen LogP contribution in [0.2, 0.25) is 0 Å². The van der Waals surface area contributed by atoms with E-state index in [2.05, 4.69) is 25.7 Å². The van der Waals surface area contributed by atoms with Crippen molar-refractivity contribution in [1.29, 1.82) is 0 Å². The standard InChI is InChI=1S/C14H18BrFN2/c15-10-11-1-4-14(13(16)9-11)18-7-5-17(6-8-18)12-2-3-12/h1,4,9,12H,2-3,5-8,10H2. The normalized spacial score (nSPS) is 21.3. The van der Waals surface area contributed by atoms with Crippen molar-refractivity contribution in [2.24, 2.45) is 0 Å². The summed E-state index contributed by atoms with van der Waals surface area (Å²) in [5, 5.41) is 0.708. The third kappa shape index (κ3) is 2.54. The Morgan fingerprint density at radius 1 is 1.17 bits per heavy atom. The minimum absolute atomic E-state index is 0.0909. The van der Waals surface area contributed by atoms with Crippen LogP contribution < -0.4 is 4.90 Å². The maximum absolute atomic E-state index is 14.0. The SMILES string of the molecule is Fc1cc(CBr)ccc1N1CCN(C2CC2)CC1. The van der Waals surface area contributed by atoms with Crippen LogP contribution in [0.5, 0.6) is 0 Å². The lowest BCUT2D eigenvalue weighted by molar-refractivity contribution is 0.247. The fraction of sp³-hybridized carbons (Fsp3) is 0.571. The Kier molecular flexibility index (Phi) is 3.57. The highest BCUT2D eigenvalue weighted by atomic mass is 79.9. The van der Waals surface area contributed by atoms with Gasteiger partial charge < -0.3 is 4.90 Å². The van der Waals surface area contributed by atoms with Crippen molar-refractivity contribution in [3.05, 3.63) is 29.6 Å². The zero-order chi connectivity index (χ0) is 12.5. The topological polar surface area (TPSA) is 6.48 Å². The fourth-order valence-corrected chi connectivity index (χ4v) is 3.01. The monoisotopic (exact) mass is 312 g/mol. The van der Waals surface area contributed by atoms with Crippen molar-refractivity contribution in [3.63, 3.8) is 0 Å². The molecule has 18 heavy (non-hydrogen) atoms. The van der Waals surface area contributed by atoms with Crippen LogP contribution in [0.4, 0.5) is 10.1 Å². The smallest absolute Gasteiger partial charge is 0.146 e. The fourth-order valence-electron chi connectivity index (χ4n) is 2.66. The summed E-state index contributed by atoms with van der Waals surface area (Å²) >= 11 is 3.36. The molecule has 4 heteroatoms. The van der Waals surface area contributed by atoms with Crippen molar-refractivity contribution in [2.75, 3.05) is 31.1 Å². The van der Waals surface area contributed by atoms with Gasteiger partial charge in [-0.1, -0.05) is 22.0 Å². The lowest BCUT2D eigenvalue weighted by Gasteiger charge is -2.36. The van der Waals surface area contributed by atoms with Crippen molar-refractivity contribution in [1.82, 2.24) is 4.90 Å². The third-order valence-electron chi connectivity index (χ3n) is 3.88. The molecule has 0 N–H and O–H groups in total. The molecule has 1 aliphatic carbocycles. The average molecular weight is 313 g/mol. The Morgan fingerprint density at radius 3 is 2.44 bits per heavy atom. The molecule has 0 atom stereocenters. The van der Waals surface area contributed by atoms with Crippen LogP contribution in [0.1, 0.15) is 18.4 Å². The molecule has 2 nitrogen and oxygen atoms in total. The quantitative estimate of drug-likeness (QED) is 0.792. The van der Waals surface area contributed by atoms with Gasteiger partial charge in [-0.25, -0.2) is 4.39 Å². The summed E-state index contributed by atoms with van der Waals surface area (Å²) in [6.45, 7) is 4.04. The van der Waals surface area contributed by atoms with Gasteiger partial charge in [0, 0.05) is 37.6 Å². The zero-order valence-corrected chi connectivity index (χ0v) is 12.0. The molecule has 98 valence electrons. The summed E-state index contributed by atoms with van der Waals surface area (Å²) in [6, 6.07) is 6.38. The van der Waals surface area contributed by atoms with Crippen molar-refractivity contribution in [2.45, 2.75) is 24.2 Å². The second kappa shape index (κ2) is 5.17. The maximum Gasteiger partial charge on any atom is 0.146 e. The van der Waals surface area contributed by atoms with Gasteiger partial charge in [0.2, 0.25) is 0 Å². The molecule has 1 aliphatic heterocycles. The summed E-state index contributed by atoms with van der Waals surface area (Å²) in [5.74, 6) is -0.0909. The highest BCUT2D eigenvalue weighted by molar-refractivity contribution is 9.08. The number of rotatable bonds is 3. The Bertz CT molecular complexity index is 426. The van der Waals surface area contributed by atoms with Crippen LogP contribution >= 0.6 is 15.9 Å². The van der Waals surface area contributed by atoms with Crippen molar-refractivity contribution >= 4 is 21.6 Å². The second-order valence-electron chi connectivity index (χ2n) is 5.17. The molecule has 2 aliphatic rings. The summed E-state index contributed by atoms with van der Waals surface area (Å²) < 4.78 is 14.0. The summed E-state index contributed by atoms with van der Waals surface area (Å²) in [6.07, 6.45) is 2.71. The molecular formula is C14H18BrFN2. The number of nitrogens with zero attached hydrogens (tertiary/aromatic N) is 2. The van der Waals surface area contributed by atoms with Gasteiger partial charge in [-0.2, -0.15) is 0 Å². The highest BCUT2D eigenvalue weighted by Gasteiger charge is 2.31. The van der Waals surface area contributed by atoms with E-state index in [1.54, 1.807) is 6.07 Å². The minimum Gasteiger partial charge on any atom is -0.367 e. The van der Waals surface area contributed by atoms with E-state index in [-0.39, 0.29) is 5.82 Å². The van der Waals surface area contributed by atoms with Crippen molar-refractivity contribution < 1.29 is 4.39 Å². The Morgan fingerprint density at radius 2 is 1.89 bits per heavy atom. The van der Waals surface area contributed by atoms with E-state index in [1.165, 1.54) is 12.8 Å². The van der Waals surface area contributed by atoms with Gasteiger partial charge in [-0.15, -0.1) is 0 Å². The number of anilines is 1. The number of hydrogen-bond donors (Lipinski definition) is 0. The Labute approximate surface area is 116 Å². The van der Waals surface area contributed by atoms with Gasteiger partial charge in [-0.3, -0.25) is 4.90 Å². The molecule has 1 saturated carbocycles. The number of benzene rings is 1. The Balaban J connectivity index is 1.68. The van der Waals surface area contributed by atoms with Crippen molar-refractivity contribution in [3.8, 4) is 0 Å². The Hall–Kier alpha value is -0.610. The molecule has 1 saturated heterocycles. The second-order valence-corrected chi connectivity index (χ2v) is 5.73. The highest BCUT2D eigenvalue weighted by Crippen LogP contribution is 2.29. The molecule has 0 spiro atoms. The van der Waals surface area contributed by atoms with E-state index in [0.29, 0.717) is 5.33 Å². The molecule has 2 fully saturated rings. The number of hydrogen-bond acceptors (Lipinski definition) is 2.